The van der Waals surface area contributed by atoms with Gasteiger partial charge in [-0.1, -0.05) is 58.2 Å². The summed E-state index contributed by atoms with van der Waals surface area (Å²) in [6.07, 6.45) is 10.7. The molecular formula is C29H40N4O2. The van der Waals surface area contributed by atoms with E-state index in [4.69, 9.17) is 0 Å². The minimum atomic E-state index is -0.758. The Kier molecular flexibility index (Phi) is 7.90. The molecule has 2 atom stereocenters. The van der Waals surface area contributed by atoms with Gasteiger partial charge in [0.15, 0.2) is 0 Å². The lowest BCUT2D eigenvalue weighted by molar-refractivity contribution is -0.136. The van der Waals surface area contributed by atoms with Crippen molar-refractivity contribution in [2.75, 3.05) is 18.5 Å². The maximum atomic E-state index is 14.2. The quantitative estimate of drug-likeness (QED) is 0.637. The van der Waals surface area contributed by atoms with Gasteiger partial charge in [0, 0.05) is 36.7 Å². The van der Waals surface area contributed by atoms with Gasteiger partial charge in [-0.05, 0) is 61.4 Å². The molecule has 1 aliphatic heterocycles. The summed E-state index contributed by atoms with van der Waals surface area (Å²) in [6.45, 7) is 7.35. The van der Waals surface area contributed by atoms with Crippen LogP contribution in [0, 0.1) is 0 Å². The number of hydrogen-bond donors (Lipinski definition) is 1. The van der Waals surface area contributed by atoms with Crippen molar-refractivity contribution in [2.45, 2.75) is 89.3 Å². The van der Waals surface area contributed by atoms with Crippen LogP contribution >= 0.6 is 0 Å². The van der Waals surface area contributed by atoms with Gasteiger partial charge in [0.1, 0.15) is 6.04 Å². The van der Waals surface area contributed by atoms with E-state index in [1.54, 1.807) is 17.3 Å². The van der Waals surface area contributed by atoms with Crippen molar-refractivity contribution < 1.29 is 9.59 Å². The first kappa shape index (κ1) is 25.4. The lowest BCUT2D eigenvalue weighted by atomic mass is 9.87. The van der Waals surface area contributed by atoms with E-state index >= 15 is 0 Å². The Hall–Kier alpha value is -2.73. The van der Waals surface area contributed by atoms with E-state index in [-0.39, 0.29) is 29.3 Å². The normalized spacial score (nSPS) is 19.8. The van der Waals surface area contributed by atoms with Crippen molar-refractivity contribution in [3.05, 3.63) is 59.9 Å². The maximum absolute atomic E-state index is 14.2. The number of aromatic nitrogens is 1. The first-order valence-electron chi connectivity index (χ1n) is 13.1. The molecule has 1 aromatic heterocycles. The van der Waals surface area contributed by atoms with Gasteiger partial charge in [-0.2, -0.15) is 0 Å². The summed E-state index contributed by atoms with van der Waals surface area (Å²) in [4.78, 5) is 36.1. The number of rotatable bonds is 6. The van der Waals surface area contributed by atoms with Crippen LogP contribution in [0.15, 0.2) is 48.8 Å². The molecule has 2 fully saturated rings. The topological polar surface area (TPSA) is 65.5 Å². The highest BCUT2D eigenvalue weighted by Crippen LogP contribution is 2.34. The Bertz CT molecular complexity index is 988. The van der Waals surface area contributed by atoms with Crippen LogP contribution in [0.1, 0.15) is 82.9 Å². The van der Waals surface area contributed by atoms with E-state index in [0.717, 1.165) is 56.3 Å². The van der Waals surface area contributed by atoms with Gasteiger partial charge in [0.05, 0.1) is 6.04 Å². The number of nitrogens with zero attached hydrogens (tertiary/aromatic N) is 3. The van der Waals surface area contributed by atoms with Crippen molar-refractivity contribution in [3.8, 4) is 0 Å². The minimum Gasteiger partial charge on any atom is -0.341 e. The molecule has 2 heterocycles. The number of pyridine rings is 1. The van der Waals surface area contributed by atoms with Gasteiger partial charge < -0.3 is 10.2 Å². The molecule has 0 bridgehead atoms. The van der Waals surface area contributed by atoms with Gasteiger partial charge in [-0.25, -0.2) is 0 Å². The zero-order chi connectivity index (χ0) is 25.0. The van der Waals surface area contributed by atoms with E-state index in [0.29, 0.717) is 0 Å². The Morgan fingerprint density at radius 2 is 1.71 bits per heavy atom. The SMILES string of the molecule is CN(C(=O)C(c1cccnc1)N(C(=O)C1CCCN1)c1ccc(C(C)(C)C)cc1)C1CCCCC1. The molecule has 1 saturated heterocycles. The highest BCUT2D eigenvalue weighted by Gasteiger charge is 2.39. The van der Waals surface area contributed by atoms with Gasteiger partial charge in [0.25, 0.3) is 0 Å². The van der Waals surface area contributed by atoms with E-state index < -0.39 is 6.04 Å². The van der Waals surface area contributed by atoms with E-state index in [9.17, 15) is 9.59 Å². The van der Waals surface area contributed by atoms with Gasteiger partial charge in [0.2, 0.25) is 11.8 Å². The van der Waals surface area contributed by atoms with Crippen molar-refractivity contribution in [3.63, 3.8) is 0 Å². The largest absolute Gasteiger partial charge is 0.341 e. The summed E-state index contributed by atoms with van der Waals surface area (Å²) >= 11 is 0. The highest BCUT2D eigenvalue weighted by molar-refractivity contribution is 6.03. The summed E-state index contributed by atoms with van der Waals surface area (Å²) in [7, 11) is 1.90. The third-order valence-electron chi connectivity index (χ3n) is 7.57. The van der Waals surface area contributed by atoms with Gasteiger partial charge in [-0.3, -0.25) is 19.5 Å². The molecule has 2 unspecified atom stereocenters. The predicted octanol–water partition coefficient (Wildman–Crippen LogP) is 5.00. The van der Waals surface area contributed by atoms with Crippen molar-refractivity contribution in [1.82, 2.24) is 15.2 Å². The number of benzene rings is 1. The summed E-state index contributed by atoms with van der Waals surface area (Å²) in [6, 6.07) is 11.1. The molecule has 1 N–H and O–H groups in total. The van der Waals surface area contributed by atoms with Crippen molar-refractivity contribution in [1.29, 1.82) is 0 Å². The van der Waals surface area contributed by atoms with Gasteiger partial charge in [-0.15, -0.1) is 0 Å². The second-order valence-electron chi connectivity index (χ2n) is 11.1. The zero-order valence-corrected chi connectivity index (χ0v) is 21.7. The lowest BCUT2D eigenvalue weighted by Gasteiger charge is -2.38. The Labute approximate surface area is 210 Å². The smallest absolute Gasteiger partial charge is 0.250 e. The minimum absolute atomic E-state index is 0.000147. The summed E-state index contributed by atoms with van der Waals surface area (Å²) in [5.74, 6) is -0.0959. The second-order valence-corrected chi connectivity index (χ2v) is 11.1. The van der Waals surface area contributed by atoms with Crippen LogP contribution in [0.5, 0.6) is 0 Å². The molecule has 2 aromatic rings. The number of nitrogens with one attached hydrogen (secondary N) is 1. The monoisotopic (exact) mass is 476 g/mol. The molecule has 0 radical (unpaired) electrons. The summed E-state index contributed by atoms with van der Waals surface area (Å²) in [5.41, 5.74) is 2.68. The molecule has 188 valence electrons. The Morgan fingerprint density at radius 1 is 1.00 bits per heavy atom. The molecule has 0 spiro atoms. The van der Waals surface area contributed by atoms with E-state index in [1.165, 1.54) is 12.0 Å². The molecule has 1 aromatic carbocycles. The van der Waals surface area contributed by atoms with Crippen molar-refractivity contribution >= 4 is 17.5 Å². The summed E-state index contributed by atoms with van der Waals surface area (Å²) < 4.78 is 0. The van der Waals surface area contributed by atoms with Gasteiger partial charge >= 0.3 is 0 Å². The number of carbonyl (C=O) groups excluding carboxylic acids is 2. The number of likely N-dealkylation sites (N-methyl/N-ethyl adjacent to an activating group) is 1. The second kappa shape index (κ2) is 10.9. The standard InChI is InChI=1S/C29H40N4O2/c1-29(2,3)22-14-16-24(17-15-22)33(27(34)25-13-9-19-31-25)26(21-10-8-18-30-20-21)28(35)32(4)23-11-6-5-7-12-23/h8,10,14-18,20,23,25-26,31H,5-7,9,11-13,19H2,1-4H3. The zero-order valence-electron chi connectivity index (χ0n) is 21.7. The third kappa shape index (κ3) is 5.75. The van der Waals surface area contributed by atoms with E-state index in [2.05, 4.69) is 43.2 Å². The fourth-order valence-electron chi connectivity index (χ4n) is 5.37. The van der Waals surface area contributed by atoms with Crippen LogP contribution in [0.4, 0.5) is 5.69 Å². The number of anilines is 1. The maximum Gasteiger partial charge on any atom is 0.250 e. The van der Waals surface area contributed by atoms with Crippen LogP contribution in [0.2, 0.25) is 0 Å². The average molecular weight is 477 g/mol. The molecule has 1 saturated carbocycles. The summed E-state index contributed by atoms with van der Waals surface area (Å²) in [5, 5.41) is 3.35. The number of carbonyl (C=O) groups is 2. The molecule has 2 aliphatic rings. The number of hydrogen-bond acceptors (Lipinski definition) is 4. The Balaban J connectivity index is 1.77. The fourth-order valence-corrected chi connectivity index (χ4v) is 5.37. The van der Waals surface area contributed by atoms with Crippen LogP contribution in [-0.4, -0.2) is 47.4 Å². The fraction of sp³-hybridized carbons (Fsp3) is 0.552. The molecule has 1 aliphatic carbocycles. The molecular weight excluding hydrogens is 436 g/mol. The molecule has 6 heteroatoms. The predicted molar refractivity (Wildman–Crippen MR) is 140 cm³/mol. The Morgan fingerprint density at radius 3 is 2.29 bits per heavy atom. The molecule has 6 nitrogen and oxygen atoms in total. The van der Waals surface area contributed by atoms with Crippen LogP contribution in [-0.2, 0) is 15.0 Å². The first-order valence-corrected chi connectivity index (χ1v) is 13.1. The average Bonchev–Trinajstić information content (AvgIpc) is 3.42. The molecule has 4 rings (SSSR count). The third-order valence-corrected chi connectivity index (χ3v) is 7.57. The lowest BCUT2D eigenvalue weighted by Crippen LogP contribution is -2.52. The molecule has 2 amide bonds. The van der Waals surface area contributed by atoms with Crippen LogP contribution in [0.25, 0.3) is 0 Å². The van der Waals surface area contributed by atoms with Crippen LogP contribution < -0.4 is 10.2 Å². The van der Waals surface area contributed by atoms with Crippen LogP contribution in [0.3, 0.4) is 0 Å². The number of amides is 2. The molecule has 35 heavy (non-hydrogen) atoms. The first-order chi connectivity index (χ1) is 16.8. The van der Waals surface area contributed by atoms with Crippen molar-refractivity contribution in [2.24, 2.45) is 0 Å². The van der Waals surface area contributed by atoms with E-state index in [1.807, 2.05) is 36.2 Å². The highest BCUT2D eigenvalue weighted by atomic mass is 16.2.